The van der Waals surface area contributed by atoms with Gasteiger partial charge in [-0.2, -0.15) is 4.98 Å². The van der Waals surface area contributed by atoms with Crippen molar-refractivity contribution in [2.75, 3.05) is 41.7 Å². The molecule has 7 nitrogen and oxygen atoms in total. The zero-order valence-electron chi connectivity index (χ0n) is 15.6. The molecule has 1 aromatic heterocycles. The van der Waals surface area contributed by atoms with Crippen molar-refractivity contribution >= 4 is 27.3 Å². The van der Waals surface area contributed by atoms with E-state index in [-0.39, 0.29) is 21.4 Å². The number of hydrogen-bond donors (Lipinski definition) is 1. The van der Waals surface area contributed by atoms with E-state index in [0.29, 0.717) is 32.1 Å². The predicted molar refractivity (Wildman–Crippen MR) is 109 cm³/mol. The van der Waals surface area contributed by atoms with Crippen LogP contribution in [0.2, 0.25) is 0 Å². The van der Waals surface area contributed by atoms with Gasteiger partial charge in [-0.25, -0.2) is 17.8 Å². The lowest BCUT2D eigenvalue weighted by Gasteiger charge is -2.36. The summed E-state index contributed by atoms with van der Waals surface area (Å²) in [6.45, 7) is 2.70. The molecule has 1 aliphatic rings. The SMILES string of the molecule is Nc1nc(N2CCN(c3ccc(F)cc3)CC2)ncc1S(=O)(=O)c1ccccc1. The molecule has 2 N–H and O–H groups in total. The average Bonchev–Trinajstić information content (AvgIpc) is 2.75. The van der Waals surface area contributed by atoms with Gasteiger partial charge in [-0.3, -0.25) is 0 Å². The molecule has 2 heterocycles. The molecule has 0 unspecified atom stereocenters. The van der Waals surface area contributed by atoms with Crippen molar-refractivity contribution in [3.8, 4) is 0 Å². The second kappa shape index (κ2) is 7.67. The smallest absolute Gasteiger partial charge is 0.227 e. The lowest BCUT2D eigenvalue weighted by Crippen LogP contribution is -2.47. The fourth-order valence-electron chi connectivity index (χ4n) is 3.28. The minimum absolute atomic E-state index is 0.0696. The molecular formula is C20H20FN5O2S. The summed E-state index contributed by atoms with van der Waals surface area (Å²) in [4.78, 5) is 12.6. The molecule has 0 amide bonds. The van der Waals surface area contributed by atoms with Crippen LogP contribution in [0.25, 0.3) is 0 Å². The molecule has 0 atom stereocenters. The highest BCUT2D eigenvalue weighted by Crippen LogP contribution is 2.26. The monoisotopic (exact) mass is 413 g/mol. The molecule has 9 heteroatoms. The number of hydrogen-bond acceptors (Lipinski definition) is 7. The average molecular weight is 413 g/mol. The molecule has 1 saturated heterocycles. The molecule has 150 valence electrons. The summed E-state index contributed by atoms with van der Waals surface area (Å²) in [7, 11) is -3.77. The lowest BCUT2D eigenvalue weighted by atomic mass is 10.2. The third kappa shape index (κ3) is 3.86. The molecule has 0 radical (unpaired) electrons. The summed E-state index contributed by atoms with van der Waals surface area (Å²) in [5, 5.41) is 0. The number of halogens is 1. The van der Waals surface area contributed by atoms with Crippen molar-refractivity contribution in [2.45, 2.75) is 9.79 Å². The summed E-state index contributed by atoms with van der Waals surface area (Å²) in [5.41, 5.74) is 6.94. The number of piperazine rings is 1. The summed E-state index contributed by atoms with van der Waals surface area (Å²) in [6, 6.07) is 14.5. The first-order valence-electron chi connectivity index (χ1n) is 9.13. The van der Waals surface area contributed by atoms with Crippen molar-refractivity contribution < 1.29 is 12.8 Å². The minimum atomic E-state index is -3.77. The van der Waals surface area contributed by atoms with Gasteiger partial charge >= 0.3 is 0 Å². The van der Waals surface area contributed by atoms with Gasteiger partial charge in [0.1, 0.15) is 16.5 Å². The number of rotatable bonds is 4. The van der Waals surface area contributed by atoms with Crippen molar-refractivity contribution in [2.24, 2.45) is 0 Å². The van der Waals surface area contributed by atoms with Crippen LogP contribution >= 0.6 is 0 Å². The van der Waals surface area contributed by atoms with Gasteiger partial charge in [0.15, 0.2) is 0 Å². The van der Waals surface area contributed by atoms with E-state index in [9.17, 15) is 12.8 Å². The fraction of sp³-hybridized carbons (Fsp3) is 0.200. The van der Waals surface area contributed by atoms with E-state index in [2.05, 4.69) is 14.9 Å². The maximum absolute atomic E-state index is 13.1. The van der Waals surface area contributed by atoms with Crippen LogP contribution in [0.1, 0.15) is 0 Å². The van der Waals surface area contributed by atoms with Gasteiger partial charge in [0.25, 0.3) is 0 Å². The van der Waals surface area contributed by atoms with Gasteiger partial charge in [0, 0.05) is 31.9 Å². The predicted octanol–water partition coefficient (Wildman–Crippen LogP) is 2.36. The van der Waals surface area contributed by atoms with Crippen molar-refractivity contribution in [3.05, 3.63) is 66.6 Å². The first-order valence-corrected chi connectivity index (χ1v) is 10.6. The second-order valence-electron chi connectivity index (χ2n) is 6.69. The third-order valence-corrected chi connectivity index (χ3v) is 6.65. The molecule has 1 aliphatic heterocycles. The Bertz CT molecular complexity index is 1100. The Hall–Kier alpha value is -3.20. The number of benzene rings is 2. The Morgan fingerprint density at radius 1 is 0.897 bits per heavy atom. The van der Waals surface area contributed by atoms with Gasteiger partial charge in [-0.15, -0.1) is 0 Å². The molecule has 0 bridgehead atoms. The van der Waals surface area contributed by atoms with Crippen LogP contribution in [-0.2, 0) is 9.84 Å². The highest BCUT2D eigenvalue weighted by Gasteiger charge is 2.24. The summed E-state index contributed by atoms with van der Waals surface area (Å²) in [6.07, 6.45) is 1.27. The van der Waals surface area contributed by atoms with Crippen LogP contribution in [0.15, 0.2) is 70.6 Å². The summed E-state index contributed by atoms with van der Waals surface area (Å²) < 4.78 is 38.6. The van der Waals surface area contributed by atoms with Gasteiger partial charge in [0.05, 0.1) is 11.1 Å². The molecule has 0 aliphatic carbocycles. The maximum Gasteiger partial charge on any atom is 0.227 e. The van der Waals surface area contributed by atoms with Gasteiger partial charge in [0.2, 0.25) is 15.8 Å². The molecule has 0 spiro atoms. The summed E-state index contributed by atoms with van der Waals surface area (Å²) in [5.74, 6) is 0.0647. The molecular weight excluding hydrogens is 393 g/mol. The van der Waals surface area contributed by atoms with Gasteiger partial charge in [-0.05, 0) is 36.4 Å². The Morgan fingerprint density at radius 2 is 1.52 bits per heavy atom. The highest BCUT2D eigenvalue weighted by atomic mass is 32.2. The highest BCUT2D eigenvalue weighted by molar-refractivity contribution is 7.91. The topological polar surface area (TPSA) is 92.4 Å². The number of nitrogen functional groups attached to an aromatic ring is 1. The van der Waals surface area contributed by atoms with Crippen LogP contribution in [-0.4, -0.2) is 44.6 Å². The van der Waals surface area contributed by atoms with E-state index in [1.807, 2.05) is 4.90 Å². The number of nitrogens with two attached hydrogens (primary N) is 1. The largest absolute Gasteiger partial charge is 0.382 e. The maximum atomic E-state index is 13.1. The van der Waals surface area contributed by atoms with Crippen LogP contribution in [0.3, 0.4) is 0 Å². The number of anilines is 3. The Morgan fingerprint density at radius 3 is 2.14 bits per heavy atom. The number of sulfone groups is 1. The molecule has 0 saturated carbocycles. The molecule has 29 heavy (non-hydrogen) atoms. The Kier molecular flexibility index (Phi) is 5.06. The number of nitrogens with zero attached hydrogens (tertiary/aromatic N) is 4. The van der Waals surface area contributed by atoms with E-state index in [0.717, 1.165) is 5.69 Å². The fourth-order valence-corrected chi connectivity index (χ4v) is 4.56. The molecule has 3 aromatic rings. The van der Waals surface area contributed by atoms with Crippen LogP contribution < -0.4 is 15.5 Å². The van der Waals surface area contributed by atoms with Crippen LogP contribution in [0.4, 0.5) is 21.8 Å². The quantitative estimate of drug-likeness (QED) is 0.702. The van der Waals surface area contributed by atoms with Crippen LogP contribution in [0.5, 0.6) is 0 Å². The Labute approximate surface area is 168 Å². The second-order valence-corrected chi connectivity index (χ2v) is 8.60. The zero-order chi connectivity index (χ0) is 20.4. The molecule has 2 aromatic carbocycles. The lowest BCUT2D eigenvalue weighted by molar-refractivity contribution is 0.595. The standard InChI is InChI=1S/C20H20FN5O2S/c21-15-6-8-16(9-7-15)25-10-12-26(13-11-25)20-23-14-18(19(22)24-20)29(27,28)17-4-2-1-3-5-17/h1-9,14H,10-13H2,(H2,22,23,24). The first-order chi connectivity index (χ1) is 13.9. The normalized spacial score (nSPS) is 14.8. The number of aromatic nitrogens is 2. The van der Waals surface area contributed by atoms with E-state index in [1.54, 1.807) is 30.3 Å². The van der Waals surface area contributed by atoms with Crippen molar-refractivity contribution in [3.63, 3.8) is 0 Å². The van der Waals surface area contributed by atoms with Crippen molar-refractivity contribution in [1.82, 2.24) is 9.97 Å². The van der Waals surface area contributed by atoms with Crippen LogP contribution in [0, 0.1) is 5.82 Å². The van der Waals surface area contributed by atoms with E-state index >= 15 is 0 Å². The zero-order valence-corrected chi connectivity index (χ0v) is 16.4. The van der Waals surface area contributed by atoms with Gasteiger partial charge < -0.3 is 15.5 Å². The van der Waals surface area contributed by atoms with E-state index in [1.165, 1.54) is 30.5 Å². The van der Waals surface area contributed by atoms with E-state index < -0.39 is 9.84 Å². The minimum Gasteiger partial charge on any atom is -0.382 e. The third-order valence-electron chi connectivity index (χ3n) is 4.87. The first kappa shape index (κ1) is 19.1. The Balaban J connectivity index is 1.50. The summed E-state index contributed by atoms with van der Waals surface area (Å²) >= 11 is 0. The molecule has 1 fully saturated rings. The van der Waals surface area contributed by atoms with Crippen molar-refractivity contribution in [1.29, 1.82) is 0 Å². The molecule has 4 rings (SSSR count). The van der Waals surface area contributed by atoms with Gasteiger partial charge in [-0.1, -0.05) is 18.2 Å². The van der Waals surface area contributed by atoms with E-state index in [4.69, 9.17) is 5.73 Å².